The normalized spacial score (nSPS) is 16.9. The van der Waals surface area contributed by atoms with Crippen LogP contribution in [0.1, 0.15) is 10.5 Å². The molecule has 1 aromatic heterocycles. The maximum Gasteiger partial charge on any atom is 0.275 e. The van der Waals surface area contributed by atoms with E-state index in [0.717, 1.165) is 0 Å². The van der Waals surface area contributed by atoms with E-state index in [-0.39, 0.29) is 18.2 Å². The van der Waals surface area contributed by atoms with E-state index in [1.165, 1.54) is 18.3 Å². The van der Waals surface area contributed by atoms with Crippen LogP contribution in [0.5, 0.6) is 0 Å². The standard InChI is InChI=1S/C12H16FN3O2/c13-10-2-1-3-14-11(10)12(18)16-6-4-15(5-7-16)8-9-17/h1-3,17H,4-9H2. The fourth-order valence-corrected chi connectivity index (χ4v) is 2.01. The van der Waals surface area contributed by atoms with Gasteiger partial charge in [0, 0.05) is 38.9 Å². The highest BCUT2D eigenvalue weighted by atomic mass is 19.1. The first-order valence-corrected chi connectivity index (χ1v) is 5.95. The van der Waals surface area contributed by atoms with Crippen LogP contribution in [-0.2, 0) is 0 Å². The highest BCUT2D eigenvalue weighted by Gasteiger charge is 2.24. The summed E-state index contributed by atoms with van der Waals surface area (Å²) in [6.07, 6.45) is 1.42. The highest BCUT2D eigenvalue weighted by Crippen LogP contribution is 2.09. The van der Waals surface area contributed by atoms with Crippen molar-refractivity contribution < 1.29 is 14.3 Å². The lowest BCUT2D eigenvalue weighted by Crippen LogP contribution is -2.49. The van der Waals surface area contributed by atoms with Gasteiger partial charge in [-0.05, 0) is 12.1 Å². The Morgan fingerprint density at radius 3 is 2.72 bits per heavy atom. The molecule has 1 aromatic rings. The monoisotopic (exact) mass is 253 g/mol. The van der Waals surface area contributed by atoms with Crippen LogP contribution in [-0.4, -0.2) is 65.1 Å². The summed E-state index contributed by atoms with van der Waals surface area (Å²) in [5.74, 6) is -0.947. The van der Waals surface area contributed by atoms with Gasteiger partial charge < -0.3 is 10.0 Å². The summed E-state index contributed by atoms with van der Waals surface area (Å²) in [5.41, 5.74) is -0.117. The smallest absolute Gasteiger partial charge is 0.275 e. The minimum absolute atomic E-state index is 0.114. The van der Waals surface area contributed by atoms with Gasteiger partial charge in [0.25, 0.3) is 5.91 Å². The molecule has 0 aromatic carbocycles. The Kier molecular flexibility index (Phi) is 4.22. The van der Waals surface area contributed by atoms with E-state index in [1.54, 1.807) is 4.90 Å². The topological polar surface area (TPSA) is 56.7 Å². The number of pyridine rings is 1. The van der Waals surface area contributed by atoms with Crippen LogP contribution < -0.4 is 0 Å². The number of carbonyl (C=O) groups excluding carboxylic acids is 1. The molecule has 1 saturated heterocycles. The molecule has 0 spiro atoms. The number of nitrogens with zero attached hydrogens (tertiary/aromatic N) is 3. The van der Waals surface area contributed by atoms with Crippen molar-refractivity contribution in [2.75, 3.05) is 39.3 Å². The van der Waals surface area contributed by atoms with Crippen molar-refractivity contribution in [3.63, 3.8) is 0 Å². The van der Waals surface area contributed by atoms with Crippen molar-refractivity contribution in [1.82, 2.24) is 14.8 Å². The summed E-state index contributed by atoms with van der Waals surface area (Å²) < 4.78 is 13.4. The van der Waals surface area contributed by atoms with Crippen LogP contribution >= 0.6 is 0 Å². The zero-order valence-corrected chi connectivity index (χ0v) is 10.0. The minimum atomic E-state index is -0.583. The maximum atomic E-state index is 13.4. The Bertz CT molecular complexity index is 420. The van der Waals surface area contributed by atoms with Gasteiger partial charge in [0.05, 0.1) is 6.61 Å². The summed E-state index contributed by atoms with van der Waals surface area (Å²) in [4.78, 5) is 19.5. The van der Waals surface area contributed by atoms with Crippen LogP contribution in [0.25, 0.3) is 0 Å². The molecule has 1 aliphatic rings. The number of rotatable bonds is 3. The number of aliphatic hydroxyl groups is 1. The van der Waals surface area contributed by atoms with Crippen LogP contribution in [0.15, 0.2) is 18.3 Å². The Labute approximate surface area is 105 Å². The van der Waals surface area contributed by atoms with Gasteiger partial charge in [-0.15, -0.1) is 0 Å². The van der Waals surface area contributed by atoms with Crippen LogP contribution in [0, 0.1) is 5.82 Å². The third kappa shape index (κ3) is 2.83. The number of hydrogen-bond donors (Lipinski definition) is 1. The Hall–Kier alpha value is -1.53. The molecular weight excluding hydrogens is 237 g/mol. The number of aliphatic hydroxyl groups excluding tert-OH is 1. The SMILES string of the molecule is O=C(c1ncccc1F)N1CCN(CCO)CC1. The molecule has 5 nitrogen and oxygen atoms in total. The van der Waals surface area contributed by atoms with Gasteiger partial charge in [0.15, 0.2) is 11.5 Å². The lowest BCUT2D eigenvalue weighted by atomic mass is 10.2. The zero-order chi connectivity index (χ0) is 13.0. The van der Waals surface area contributed by atoms with Crippen molar-refractivity contribution in [3.8, 4) is 0 Å². The molecule has 0 atom stereocenters. The minimum Gasteiger partial charge on any atom is -0.395 e. The predicted molar refractivity (Wildman–Crippen MR) is 63.6 cm³/mol. The van der Waals surface area contributed by atoms with E-state index in [1.807, 2.05) is 0 Å². The number of carbonyl (C=O) groups is 1. The second-order valence-corrected chi connectivity index (χ2v) is 4.19. The highest BCUT2D eigenvalue weighted by molar-refractivity contribution is 5.92. The van der Waals surface area contributed by atoms with Gasteiger partial charge in [-0.1, -0.05) is 0 Å². The maximum absolute atomic E-state index is 13.4. The molecule has 0 radical (unpaired) electrons. The van der Waals surface area contributed by atoms with E-state index in [4.69, 9.17) is 5.11 Å². The number of amides is 1. The van der Waals surface area contributed by atoms with E-state index >= 15 is 0 Å². The molecule has 6 heteroatoms. The number of hydrogen-bond acceptors (Lipinski definition) is 4. The number of aromatic nitrogens is 1. The molecule has 0 bridgehead atoms. The van der Waals surface area contributed by atoms with E-state index in [0.29, 0.717) is 32.7 Å². The Balaban J connectivity index is 1.98. The molecule has 1 amide bonds. The fraction of sp³-hybridized carbons (Fsp3) is 0.500. The van der Waals surface area contributed by atoms with Gasteiger partial charge in [-0.3, -0.25) is 9.69 Å². The first-order chi connectivity index (χ1) is 8.72. The van der Waals surface area contributed by atoms with Crippen molar-refractivity contribution in [2.45, 2.75) is 0 Å². The molecule has 2 rings (SSSR count). The molecular formula is C12H16FN3O2. The summed E-state index contributed by atoms with van der Waals surface area (Å²) >= 11 is 0. The number of halogens is 1. The molecule has 0 unspecified atom stereocenters. The molecule has 1 fully saturated rings. The molecule has 98 valence electrons. The summed E-state index contributed by atoms with van der Waals surface area (Å²) in [6.45, 7) is 3.19. The third-order valence-electron chi connectivity index (χ3n) is 3.04. The lowest BCUT2D eigenvalue weighted by molar-refractivity contribution is 0.0604. The van der Waals surface area contributed by atoms with Gasteiger partial charge in [-0.2, -0.15) is 0 Å². The Morgan fingerprint density at radius 2 is 2.11 bits per heavy atom. The van der Waals surface area contributed by atoms with Crippen LogP contribution in [0.2, 0.25) is 0 Å². The molecule has 1 aliphatic heterocycles. The van der Waals surface area contributed by atoms with Crippen LogP contribution in [0.3, 0.4) is 0 Å². The number of piperazine rings is 1. The van der Waals surface area contributed by atoms with Crippen molar-refractivity contribution >= 4 is 5.91 Å². The molecule has 18 heavy (non-hydrogen) atoms. The first-order valence-electron chi connectivity index (χ1n) is 5.95. The predicted octanol–water partition coefficient (Wildman–Crippen LogP) is -0.0292. The first kappa shape index (κ1) is 12.9. The molecule has 0 saturated carbocycles. The summed E-state index contributed by atoms with van der Waals surface area (Å²) in [7, 11) is 0. The largest absolute Gasteiger partial charge is 0.395 e. The second kappa shape index (κ2) is 5.88. The summed E-state index contributed by atoms with van der Waals surface area (Å²) in [6, 6.07) is 2.70. The van der Waals surface area contributed by atoms with E-state index < -0.39 is 5.82 Å². The van der Waals surface area contributed by atoms with E-state index in [2.05, 4.69) is 9.88 Å². The molecule has 1 N–H and O–H groups in total. The Morgan fingerprint density at radius 1 is 1.39 bits per heavy atom. The van der Waals surface area contributed by atoms with Crippen LogP contribution in [0.4, 0.5) is 4.39 Å². The fourth-order valence-electron chi connectivity index (χ4n) is 2.01. The number of β-amino-alcohol motifs (C(OH)–C–C–N with tert-alkyl or cyclic N) is 1. The second-order valence-electron chi connectivity index (χ2n) is 4.19. The lowest BCUT2D eigenvalue weighted by Gasteiger charge is -2.34. The van der Waals surface area contributed by atoms with Gasteiger partial charge in [0.2, 0.25) is 0 Å². The van der Waals surface area contributed by atoms with Gasteiger partial charge in [0.1, 0.15) is 0 Å². The summed E-state index contributed by atoms with van der Waals surface area (Å²) in [5, 5.41) is 8.83. The molecule has 0 aliphatic carbocycles. The van der Waals surface area contributed by atoms with Gasteiger partial charge >= 0.3 is 0 Å². The van der Waals surface area contributed by atoms with Gasteiger partial charge in [-0.25, -0.2) is 9.37 Å². The third-order valence-corrected chi connectivity index (χ3v) is 3.04. The van der Waals surface area contributed by atoms with E-state index in [9.17, 15) is 9.18 Å². The van der Waals surface area contributed by atoms with Crippen molar-refractivity contribution in [3.05, 3.63) is 29.8 Å². The zero-order valence-electron chi connectivity index (χ0n) is 10.0. The quantitative estimate of drug-likeness (QED) is 0.822. The molecule has 2 heterocycles. The van der Waals surface area contributed by atoms with Crippen molar-refractivity contribution in [2.24, 2.45) is 0 Å². The van der Waals surface area contributed by atoms with Crippen molar-refractivity contribution in [1.29, 1.82) is 0 Å². The average Bonchev–Trinajstić information content (AvgIpc) is 2.40. The average molecular weight is 253 g/mol.